The van der Waals surface area contributed by atoms with Crippen LogP contribution in [0.15, 0.2) is 30.3 Å². The van der Waals surface area contributed by atoms with Gasteiger partial charge in [-0.2, -0.15) is 0 Å². The monoisotopic (exact) mass is 319 g/mol. The molecule has 126 valence electrons. The Morgan fingerprint density at radius 3 is 2.74 bits per heavy atom. The van der Waals surface area contributed by atoms with Crippen molar-refractivity contribution in [2.24, 2.45) is 0 Å². The molecule has 1 amide bonds. The van der Waals surface area contributed by atoms with Crippen LogP contribution in [0.3, 0.4) is 0 Å². The van der Waals surface area contributed by atoms with Crippen molar-refractivity contribution in [2.75, 3.05) is 19.8 Å². The van der Waals surface area contributed by atoms with Gasteiger partial charge in [0, 0.05) is 12.6 Å². The van der Waals surface area contributed by atoms with E-state index >= 15 is 0 Å². The maximum Gasteiger partial charge on any atom is 0.410 e. The first kappa shape index (κ1) is 16.3. The molecule has 2 fully saturated rings. The quantitative estimate of drug-likeness (QED) is 0.807. The van der Waals surface area contributed by atoms with Crippen LogP contribution in [0.2, 0.25) is 0 Å². The van der Waals surface area contributed by atoms with Crippen LogP contribution in [-0.2, 0) is 20.8 Å². The van der Waals surface area contributed by atoms with Crippen LogP contribution in [-0.4, -0.2) is 43.1 Å². The lowest BCUT2D eigenvalue weighted by atomic mass is 10.1. The van der Waals surface area contributed by atoms with Gasteiger partial charge in [0.1, 0.15) is 6.61 Å². The largest absolute Gasteiger partial charge is 0.445 e. The van der Waals surface area contributed by atoms with Gasteiger partial charge < -0.3 is 19.1 Å². The Kier molecular flexibility index (Phi) is 5.88. The molecular weight excluding hydrogens is 294 g/mol. The Bertz CT molecular complexity index is 487. The van der Waals surface area contributed by atoms with Crippen molar-refractivity contribution in [1.29, 1.82) is 0 Å². The molecule has 0 aliphatic carbocycles. The molecule has 2 aliphatic rings. The van der Waals surface area contributed by atoms with Crippen molar-refractivity contribution >= 4 is 6.09 Å². The van der Waals surface area contributed by atoms with Gasteiger partial charge in [0.15, 0.2) is 6.29 Å². The third kappa shape index (κ3) is 4.69. The molecule has 0 spiro atoms. The summed E-state index contributed by atoms with van der Waals surface area (Å²) in [5.74, 6) is 0. The Hall–Kier alpha value is -1.59. The number of benzene rings is 1. The predicted molar refractivity (Wildman–Crippen MR) is 85.9 cm³/mol. The lowest BCUT2D eigenvalue weighted by Crippen LogP contribution is -2.36. The molecule has 0 unspecified atom stereocenters. The number of amides is 1. The van der Waals surface area contributed by atoms with E-state index in [1.165, 1.54) is 0 Å². The molecule has 5 heteroatoms. The molecule has 1 aromatic carbocycles. The zero-order valence-corrected chi connectivity index (χ0v) is 13.5. The topological polar surface area (TPSA) is 48.0 Å². The zero-order valence-electron chi connectivity index (χ0n) is 13.5. The van der Waals surface area contributed by atoms with E-state index < -0.39 is 0 Å². The number of carbonyl (C=O) groups excluding carboxylic acids is 1. The van der Waals surface area contributed by atoms with Crippen molar-refractivity contribution in [3.05, 3.63) is 35.9 Å². The molecule has 2 saturated heterocycles. The molecule has 5 nitrogen and oxygen atoms in total. The van der Waals surface area contributed by atoms with Crippen molar-refractivity contribution in [2.45, 2.75) is 51.0 Å². The summed E-state index contributed by atoms with van der Waals surface area (Å²) >= 11 is 0. The van der Waals surface area contributed by atoms with Gasteiger partial charge in [0.2, 0.25) is 0 Å². The normalized spacial score (nSPS) is 21.7. The second-order valence-corrected chi connectivity index (χ2v) is 6.13. The van der Waals surface area contributed by atoms with Crippen molar-refractivity contribution < 1.29 is 19.0 Å². The lowest BCUT2D eigenvalue weighted by molar-refractivity contribution is -0.0486. The highest BCUT2D eigenvalue weighted by Gasteiger charge is 2.29. The first-order chi connectivity index (χ1) is 11.3. The number of ether oxygens (including phenoxy) is 3. The molecular formula is C18H25NO4. The Labute approximate surface area is 137 Å². The first-order valence-electron chi connectivity index (χ1n) is 8.53. The van der Waals surface area contributed by atoms with Crippen LogP contribution >= 0.6 is 0 Å². The summed E-state index contributed by atoms with van der Waals surface area (Å²) in [6, 6.07) is 10.1. The molecule has 23 heavy (non-hydrogen) atoms. The lowest BCUT2D eigenvalue weighted by Gasteiger charge is -2.24. The summed E-state index contributed by atoms with van der Waals surface area (Å²) in [5, 5.41) is 0. The van der Waals surface area contributed by atoms with E-state index in [0.29, 0.717) is 25.9 Å². The van der Waals surface area contributed by atoms with Crippen molar-refractivity contribution in [3.63, 3.8) is 0 Å². The minimum Gasteiger partial charge on any atom is -0.445 e. The summed E-state index contributed by atoms with van der Waals surface area (Å²) in [5.41, 5.74) is 1.02. The Morgan fingerprint density at radius 2 is 1.96 bits per heavy atom. The van der Waals surface area contributed by atoms with E-state index in [1.54, 1.807) is 0 Å². The SMILES string of the molecule is O=C(OCc1ccccc1)N1CCC[C@H]1CCCC1OCCO1. The van der Waals surface area contributed by atoms with Crippen LogP contribution in [0.1, 0.15) is 37.7 Å². The van der Waals surface area contributed by atoms with Crippen molar-refractivity contribution in [3.8, 4) is 0 Å². The highest BCUT2D eigenvalue weighted by atomic mass is 16.7. The number of carbonyl (C=O) groups is 1. The summed E-state index contributed by atoms with van der Waals surface area (Å²) in [4.78, 5) is 14.2. The fourth-order valence-corrected chi connectivity index (χ4v) is 3.27. The first-order valence-corrected chi connectivity index (χ1v) is 8.53. The molecule has 0 N–H and O–H groups in total. The Balaban J connectivity index is 1.41. The van der Waals surface area contributed by atoms with Gasteiger partial charge in [-0.25, -0.2) is 4.79 Å². The van der Waals surface area contributed by atoms with E-state index in [9.17, 15) is 4.79 Å². The average molecular weight is 319 g/mol. The number of hydrogen-bond acceptors (Lipinski definition) is 4. The fourth-order valence-electron chi connectivity index (χ4n) is 3.27. The molecule has 1 atom stereocenters. The standard InChI is InChI=1S/C18H25NO4/c20-18(23-14-15-6-2-1-3-7-15)19-11-5-9-16(19)8-4-10-17-21-12-13-22-17/h1-3,6-7,16-17H,4-5,8-14H2/t16-/m1/s1. The number of hydrogen-bond donors (Lipinski definition) is 0. The van der Waals surface area contributed by atoms with Gasteiger partial charge in [0.05, 0.1) is 13.2 Å². The second kappa shape index (κ2) is 8.31. The fraction of sp³-hybridized carbons (Fsp3) is 0.611. The van der Waals surface area contributed by atoms with Gasteiger partial charge in [0.25, 0.3) is 0 Å². The third-order valence-corrected chi connectivity index (χ3v) is 4.48. The molecule has 1 aromatic rings. The average Bonchev–Trinajstić information content (AvgIpc) is 3.25. The van der Waals surface area contributed by atoms with E-state index in [0.717, 1.165) is 44.2 Å². The maximum absolute atomic E-state index is 12.3. The van der Waals surface area contributed by atoms with Gasteiger partial charge in [-0.05, 0) is 37.7 Å². The molecule has 0 aromatic heterocycles. The second-order valence-electron chi connectivity index (χ2n) is 6.13. The summed E-state index contributed by atoms with van der Waals surface area (Å²) in [6.07, 6.45) is 4.79. The van der Waals surface area contributed by atoms with E-state index in [4.69, 9.17) is 14.2 Å². The van der Waals surface area contributed by atoms with Crippen LogP contribution in [0.5, 0.6) is 0 Å². The van der Waals surface area contributed by atoms with Crippen molar-refractivity contribution in [1.82, 2.24) is 4.90 Å². The van der Waals surface area contributed by atoms with Gasteiger partial charge in [-0.15, -0.1) is 0 Å². The Morgan fingerprint density at radius 1 is 1.17 bits per heavy atom. The van der Waals surface area contributed by atoms with E-state index in [-0.39, 0.29) is 12.4 Å². The minimum atomic E-state index is -0.190. The number of likely N-dealkylation sites (tertiary alicyclic amines) is 1. The highest BCUT2D eigenvalue weighted by Crippen LogP contribution is 2.24. The number of nitrogens with zero attached hydrogens (tertiary/aromatic N) is 1. The summed E-state index contributed by atoms with van der Waals surface area (Å²) in [6.45, 7) is 2.54. The van der Waals surface area contributed by atoms with Gasteiger partial charge in [-0.1, -0.05) is 30.3 Å². The zero-order chi connectivity index (χ0) is 15.9. The molecule has 2 heterocycles. The van der Waals surface area contributed by atoms with Crippen LogP contribution in [0.25, 0.3) is 0 Å². The highest BCUT2D eigenvalue weighted by molar-refractivity contribution is 5.68. The number of rotatable bonds is 6. The summed E-state index contributed by atoms with van der Waals surface area (Å²) < 4.78 is 16.4. The predicted octanol–water partition coefficient (Wildman–Crippen LogP) is 3.33. The molecule has 0 saturated carbocycles. The van der Waals surface area contributed by atoms with Crippen LogP contribution < -0.4 is 0 Å². The van der Waals surface area contributed by atoms with Crippen LogP contribution in [0, 0.1) is 0 Å². The van der Waals surface area contributed by atoms with Gasteiger partial charge >= 0.3 is 6.09 Å². The third-order valence-electron chi connectivity index (χ3n) is 4.48. The molecule has 0 radical (unpaired) electrons. The molecule has 3 rings (SSSR count). The smallest absolute Gasteiger partial charge is 0.410 e. The van der Waals surface area contributed by atoms with Crippen LogP contribution in [0.4, 0.5) is 4.79 Å². The van der Waals surface area contributed by atoms with Gasteiger partial charge in [-0.3, -0.25) is 0 Å². The minimum absolute atomic E-state index is 0.0464. The summed E-state index contributed by atoms with van der Waals surface area (Å²) in [7, 11) is 0. The van der Waals surface area contributed by atoms with E-state index in [1.807, 2.05) is 35.2 Å². The molecule has 2 aliphatic heterocycles. The van der Waals surface area contributed by atoms with E-state index in [2.05, 4.69) is 0 Å². The maximum atomic E-state index is 12.3. The molecule has 0 bridgehead atoms.